The number of piperidine rings is 1. The average Bonchev–Trinajstić information content (AvgIpc) is 3.27. The Morgan fingerprint density at radius 3 is 2.44 bits per heavy atom. The number of nitrogens with zero attached hydrogens (tertiary/aromatic N) is 5. The summed E-state index contributed by atoms with van der Waals surface area (Å²) in [5.74, 6) is 0.482. The van der Waals surface area contributed by atoms with Gasteiger partial charge >= 0.3 is 12.4 Å². The van der Waals surface area contributed by atoms with Crippen LogP contribution >= 0.6 is 0 Å². The first-order valence-corrected chi connectivity index (χ1v) is 10.7. The largest absolute Gasteiger partial charge is 0.468 e. The molecule has 1 aliphatic carbocycles. The number of ether oxygens (including phenoxy) is 1. The van der Waals surface area contributed by atoms with Crippen LogP contribution in [0.5, 0.6) is 5.88 Å². The summed E-state index contributed by atoms with van der Waals surface area (Å²) in [5, 5.41) is 7.57. The molecule has 1 saturated heterocycles. The molecule has 34 heavy (non-hydrogen) atoms. The molecular weight excluding hydrogens is 466 g/mol. The first-order valence-electron chi connectivity index (χ1n) is 10.7. The lowest BCUT2D eigenvalue weighted by molar-refractivity contribution is -0.154. The molecule has 182 valence electrons. The number of hydrogen-bond acceptors (Lipinski definition) is 6. The summed E-state index contributed by atoms with van der Waals surface area (Å²) in [6.45, 7) is -0.325. The van der Waals surface area contributed by atoms with E-state index in [2.05, 4.69) is 20.4 Å². The van der Waals surface area contributed by atoms with Crippen LogP contribution in [0.3, 0.4) is 0 Å². The number of halogens is 6. The Bertz CT molecular complexity index is 1160. The Morgan fingerprint density at radius 1 is 1.03 bits per heavy atom. The van der Waals surface area contributed by atoms with E-state index in [9.17, 15) is 26.3 Å². The van der Waals surface area contributed by atoms with Gasteiger partial charge < -0.3 is 15.0 Å². The molecule has 0 amide bonds. The van der Waals surface area contributed by atoms with Crippen molar-refractivity contribution in [3.63, 3.8) is 0 Å². The summed E-state index contributed by atoms with van der Waals surface area (Å²) in [5.41, 5.74) is -0.103. The lowest BCUT2D eigenvalue weighted by Crippen LogP contribution is -2.48. The normalized spacial score (nSPS) is 22.9. The van der Waals surface area contributed by atoms with Gasteiger partial charge in [0.1, 0.15) is 5.69 Å². The highest BCUT2D eigenvalue weighted by Gasteiger charge is 2.43. The van der Waals surface area contributed by atoms with E-state index in [4.69, 9.17) is 4.74 Å². The molecule has 1 saturated carbocycles. The lowest BCUT2D eigenvalue weighted by atomic mass is 9.92. The minimum atomic E-state index is -4.51. The van der Waals surface area contributed by atoms with Crippen molar-refractivity contribution in [2.75, 3.05) is 29.9 Å². The van der Waals surface area contributed by atoms with Gasteiger partial charge in [-0.15, -0.1) is 5.10 Å². The van der Waals surface area contributed by atoms with E-state index in [1.54, 1.807) is 12.1 Å². The Kier molecular flexibility index (Phi) is 5.44. The highest BCUT2D eigenvalue weighted by atomic mass is 19.4. The molecule has 1 N–H and O–H groups in total. The zero-order chi connectivity index (χ0) is 24.1. The zero-order valence-corrected chi connectivity index (χ0v) is 17.6. The van der Waals surface area contributed by atoms with Gasteiger partial charge in [0.05, 0.1) is 0 Å². The highest BCUT2D eigenvalue weighted by molar-refractivity contribution is 5.50. The van der Waals surface area contributed by atoms with E-state index in [1.807, 2.05) is 4.90 Å². The maximum absolute atomic E-state index is 13.1. The molecule has 2 aliphatic rings. The highest BCUT2D eigenvalue weighted by Crippen LogP contribution is 2.40. The lowest BCUT2D eigenvalue weighted by Gasteiger charge is -2.39. The Morgan fingerprint density at radius 2 is 1.76 bits per heavy atom. The number of alkyl halides is 6. The molecule has 7 nitrogen and oxygen atoms in total. The molecule has 3 aromatic rings. The zero-order valence-electron chi connectivity index (χ0n) is 17.6. The summed E-state index contributed by atoms with van der Waals surface area (Å²) in [6.07, 6.45) is -6.03. The minimum Gasteiger partial charge on any atom is -0.468 e. The molecule has 3 atom stereocenters. The fourth-order valence-corrected chi connectivity index (χ4v) is 4.80. The van der Waals surface area contributed by atoms with Crippen LogP contribution in [-0.4, -0.2) is 51.5 Å². The standard InChI is InChI=1S/C21H20F6N6O/c22-20(23,24)11-34-17-3-1-2-16-29-19(31-33(16)17)30-18-12-4-5-13(18)10-32(9-12)14-6-7-28-15(8-14)21(25,26)27/h1-3,6-8,12-13,18H,4-5,9-11H2,(H,30,31)/t12-,13+,18?. The minimum absolute atomic E-state index is 0.00266. The van der Waals surface area contributed by atoms with Crippen LogP contribution in [0.2, 0.25) is 0 Å². The molecule has 3 aromatic heterocycles. The predicted octanol–water partition coefficient (Wildman–Crippen LogP) is 4.41. The summed E-state index contributed by atoms with van der Waals surface area (Å²) in [6, 6.07) is 7.16. The summed E-state index contributed by atoms with van der Waals surface area (Å²) >= 11 is 0. The van der Waals surface area contributed by atoms with Gasteiger partial charge in [-0.1, -0.05) is 6.07 Å². The molecular formula is C21H20F6N6O. The van der Waals surface area contributed by atoms with Crippen molar-refractivity contribution >= 4 is 17.3 Å². The van der Waals surface area contributed by atoms with Gasteiger partial charge in [0, 0.05) is 37.1 Å². The van der Waals surface area contributed by atoms with Crippen LogP contribution in [-0.2, 0) is 6.18 Å². The number of rotatable bonds is 5. The van der Waals surface area contributed by atoms with Crippen molar-refractivity contribution in [2.45, 2.75) is 31.2 Å². The van der Waals surface area contributed by atoms with E-state index in [0.29, 0.717) is 24.4 Å². The Balaban J connectivity index is 1.31. The molecule has 5 rings (SSSR count). The third kappa shape index (κ3) is 4.55. The van der Waals surface area contributed by atoms with E-state index in [1.165, 1.54) is 22.8 Å². The van der Waals surface area contributed by atoms with Crippen molar-refractivity contribution in [1.82, 2.24) is 19.6 Å². The molecule has 2 fully saturated rings. The van der Waals surface area contributed by atoms with Crippen LogP contribution in [0, 0.1) is 11.8 Å². The molecule has 0 spiro atoms. The molecule has 0 radical (unpaired) electrons. The fraction of sp³-hybridized carbons (Fsp3) is 0.476. The van der Waals surface area contributed by atoms with Crippen molar-refractivity contribution in [2.24, 2.45) is 11.8 Å². The average molecular weight is 486 g/mol. The van der Waals surface area contributed by atoms with E-state index >= 15 is 0 Å². The smallest absolute Gasteiger partial charge is 0.433 e. The first-order chi connectivity index (χ1) is 16.1. The molecule has 4 heterocycles. The number of pyridine rings is 2. The van der Waals surface area contributed by atoms with Crippen LogP contribution < -0.4 is 15.0 Å². The number of hydrogen-bond donors (Lipinski definition) is 1. The van der Waals surface area contributed by atoms with Crippen molar-refractivity contribution in [1.29, 1.82) is 0 Å². The van der Waals surface area contributed by atoms with Crippen molar-refractivity contribution < 1.29 is 31.1 Å². The van der Waals surface area contributed by atoms with Crippen molar-refractivity contribution in [3.05, 3.63) is 42.2 Å². The first kappa shape index (κ1) is 22.5. The van der Waals surface area contributed by atoms with Gasteiger partial charge in [-0.25, -0.2) is 0 Å². The summed E-state index contributed by atoms with van der Waals surface area (Å²) in [4.78, 5) is 9.73. The summed E-state index contributed by atoms with van der Waals surface area (Å²) < 4.78 is 82.8. The molecule has 2 bridgehead atoms. The summed E-state index contributed by atoms with van der Waals surface area (Å²) in [7, 11) is 0. The quantitative estimate of drug-likeness (QED) is 0.539. The third-order valence-corrected chi connectivity index (χ3v) is 6.24. The monoisotopic (exact) mass is 486 g/mol. The second-order valence-corrected chi connectivity index (χ2v) is 8.54. The van der Waals surface area contributed by atoms with E-state index in [-0.39, 0.29) is 29.7 Å². The molecule has 0 aromatic carbocycles. The van der Waals surface area contributed by atoms with E-state index < -0.39 is 24.7 Å². The number of aromatic nitrogens is 4. The third-order valence-electron chi connectivity index (χ3n) is 6.24. The second kappa shape index (κ2) is 8.20. The van der Waals surface area contributed by atoms with Crippen LogP contribution in [0.15, 0.2) is 36.5 Å². The maximum atomic E-state index is 13.1. The number of anilines is 2. The second-order valence-electron chi connectivity index (χ2n) is 8.54. The van der Waals surface area contributed by atoms with Gasteiger partial charge in [0.2, 0.25) is 11.8 Å². The predicted molar refractivity (Wildman–Crippen MR) is 110 cm³/mol. The van der Waals surface area contributed by atoms with Gasteiger partial charge in [0.25, 0.3) is 0 Å². The van der Waals surface area contributed by atoms with Crippen molar-refractivity contribution in [3.8, 4) is 5.88 Å². The Labute approximate surface area is 189 Å². The van der Waals surface area contributed by atoms with Gasteiger partial charge in [0.15, 0.2) is 12.3 Å². The molecule has 13 heteroatoms. The Hall–Kier alpha value is -3.25. The number of fused-ring (bicyclic) bond motifs is 3. The van der Waals surface area contributed by atoms with Crippen LogP contribution in [0.25, 0.3) is 5.65 Å². The fourth-order valence-electron chi connectivity index (χ4n) is 4.80. The van der Waals surface area contributed by atoms with Crippen LogP contribution in [0.1, 0.15) is 18.5 Å². The maximum Gasteiger partial charge on any atom is 0.433 e. The van der Waals surface area contributed by atoms with Gasteiger partial charge in [-0.2, -0.15) is 35.8 Å². The SMILES string of the molecule is FC(F)(F)COc1cccc2nc(NC3[C@@H]4CC[C@H]3CN(c3ccnc(C(F)(F)F)c3)C4)nn12. The number of nitrogens with one attached hydrogen (secondary N) is 1. The van der Waals surface area contributed by atoms with E-state index in [0.717, 1.165) is 18.9 Å². The topological polar surface area (TPSA) is 67.6 Å². The van der Waals surface area contributed by atoms with Gasteiger partial charge in [-0.3, -0.25) is 4.98 Å². The van der Waals surface area contributed by atoms with Crippen LogP contribution in [0.4, 0.5) is 38.0 Å². The molecule has 1 unspecified atom stereocenters. The van der Waals surface area contributed by atoms with Gasteiger partial charge in [-0.05, 0) is 42.9 Å². The molecule has 1 aliphatic heterocycles.